The van der Waals surface area contributed by atoms with E-state index in [0.717, 1.165) is 96.3 Å². The van der Waals surface area contributed by atoms with E-state index in [0.29, 0.717) is 19.3 Å². The second-order valence-corrected chi connectivity index (χ2v) is 24.5. The van der Waals surface area contributed by atoms with Crippen LogP contribution in [0.5, 0.6) is 0 Å². The Hall–Kier alpha value is -2.89. The summed E-state index contributed by atoms with van der Waals surface area (Å²) in [5.74, 6) is -0.858. The Morgan fingerprint density at radius 3 is 0.744 bits per heavy atom. The number of unbranched alkanes of at least 4 members (excludes halogenated alkanes) is 46. The maximum Gasteiger partial charge on any atom is 0.306 e. The van der Waals surface area contributed by atoms with Gasteiger partial charge in [0.05, 0.1) is 0 Å². The third kappa shape index (κ3) is 67.9. The lowest BCUT2D eigenvalue weighted by Gasteiger charge is -2.18. The molecule has 0 aromatic heterocycles. The van der Waals surface area contributed by atoms with Crippen molar-refractivity contribution < 1.29 is 28.6 Å². The highest BCUT2D eigenvalue weighted by molar-refractivity contribution is 5.71. The van der Waals surface area contributed by atoms with Crippen LogP contribution in [0.2, 0.25) is 0 Å². The van der Waals surface area contributed by atoms with Crippen molar-refractivity contribution in [2.24, 2.45) is 0 Å². The van der Waals surface area contributed by atoms with Gasteiger partial charge in [-0.25, -0.2) is 0 Å². The molecule has 0 fully saturated rings. The van der Waals surface area contributed by atoms with E-state index >= 15 is 0 Å². The van der Waals surface area contributed by atoms with Gasteiger partial charge in [-0.05, 0) is 64.2 Å². The first-order valence-electron chi connectivity index (χ1n) is 36.3. The molecule has 0 bridgehead atoms. The van der Waals surface area contributed by atoms with Crippen LogP contribution >= 0.6 is 0 Å². The molecule has 0 aromatic carbocycles. The molecule has 0 aliphatic heterocycles. The molecule has 0 aliphatic rings. The predicted molar refractivity (Wildman–Crippen MR) is 358 cm³/mol. The van der Waals surface area contributed by atoms with E-state index in [4.69, 9.17) is 14.2 Å². The SMILES string of the molecule is CC/C=C\C/C=C\C/C=C\C/C=C\C/C=C\CCCCCCCCCC(=O)OC(COC(=O)CCCCCCCCCCCCCCCC)COC(=O)CCCCCCCCCCCCCCCCCCCCCCCCCCCCC. The highest BCUT2D eigenvalue weighted by Gasteiger charge is 2.19. The highest BCUT2D eigenvalue weighted by Crippen LogP contribution is 2.19. The quantitative estimate of drug-likeness (QED) is 0.0261. The van der Waals surface area contributed by atoms with Crippen LogP contribution in [-0.4, -0.2) is 37.2 Å². The largest absolute Gasteiger partial charge is 0.462 e. The lowest BCUT2D eigenvalue weighted by atomic mass is 10.0. The van der Waals surface area contributed by atoms with Crippen LogP contribution in [0.1, 0.15) is 387 Å². The maximum absolute atomic E-state index is 13.0. The highest BCUT2D eigenvalue weighted by atomic mass is 16.6. The zero-order valence-corrected chi connectivity index (χ0v) is 55.0. The second kappa shape index (κ2) is 70.6. The number of carbonyl (C=O) groups is 3. The average Bonchev–Trinajstić information content (AvgIpc) is 3.47. The monoisotopic (exact) mass is 1150 g/mol. The van der Waals surface area contributed by atoms with Crippen LogP contribution in [0.15, 0.2) is 60.8 Å². The van der Waals surface area contributed by atoms with Crippen molar-refractivity contribution in [3.63, 3.8) is 0 Å². The summed E-state index contributed by atoms with van der Waals surface area (Å²) in [6, 6.07) is 0. The molecular formula is C76H138O6. The Morgan fingerprint density at radius 2 is 0.476 bits per heavy atom. The van der Waals surface area contributed by atoms with Gasteiger partial charge in [0.25, 0.3) is 0 Å². The fraction of sp³-hybridized carbons (Fsp3) is 0.829. The fourth-order valence-corrected chi connectivity index (χ4v) is 10.9. The molecule has 82 heavy (non-hydrogen) atoms. The molecule has 0 aromatic rings. The van der Waals surface area contributed by atoms with E-state index in [9.17, 15) is 14.4 Å². The summed E-state index contributed by atoms with van der Waals surface area (Å²) in [5, 5.41) is 0. The summed E-state index contributed by atoms with van der Waals surface area (Å²) >= 11 is 0. The van der Waals surface area contributed by atoms with Crippen molar-refractivity contribution >= 4 is 17.9 Å². The van der Waals surface area contributed by atoms with Crippen molar-refractivity contribution in [3.8, 4) is 0 Å². The number of carbonyl (C=O) groups excluding carboxylic acids is 3. The number of ether oxygens (including phenoxy) is 3. The molecule has 0 saturated carbocycles. The minimum absolute atomic E-state index is 0.0736. The van der Waals surface area contributed by atoms with Crippen molar-refractivity contribution in [3.05, 3.63) is 60.8 Å². The first kappa shape index (κ1) is 79.1. The Morgan fingerprint density at radius 1 is 0.256 bits per heavy atom. The van der Waals surface area contributed by atoms with Gasteiger partial charge in [0, 0.05) is 19.3 Å². The minimum Gasteiger partial charge on any atom is -0.462 e. The molecule has 1 atom stereocenters. The van der Waals surface area contributed by atoms with Crippen LogP contribution < -0.4 is 0 Å². The molecule has 0 saturated heterocycles. The Labute approximate surface area is 510 Å². The van der Waals surface area contributed by atoms with E-state index in [1.54, 1.807) is 0 Å². The Bertz CT molecular complexity index is 1460. The summed E-state index contributed by atoms with van der Waals surface area (Å²) in [4.78, 5) is 38.5. The van der Waals surface area contributed by atoms with Gasteiger partial charge in [-0.3, -0.25) is 14.4 Å². The fourth-order valence-electron chi connectivity index (χ4n) is 10.9. The number of esters is 3. The first-order valence-corrected chi connectivity index (χ1v) is 36.3. The average molecular weight is 1150 g/mol. The van der Waals surface area contributed by atoms with Gasteiger partial charge in [-0.2, -0.15) is 0 Å². The molecule has 6 heteroatoms. The lowest BCUT2D eigenvalue weighted by molar-refractivity contribution is -0.167. The summed E-state index contributed by atoms with van der Waals surface area (Å²) in [7, 11) is 0. The van der Waals surface area contributed by atoms with Gasteiger partial charge >= 0.3 is 17.9 Å². The summed E-state index contributed by atoms with van der Waals surface area (Å²) in [6.45, 7) is 6.59. The van der Waals surface area contributed by atoms with E-state index in [1.807, 2.05) is 0 Å². The second-order valence-electron chi connectivity index (χ2n) is 24.5. The Balaban J connectivity index is 4.26. The molecule has 0 aliphatic carbocycles. The van der Waals surface area contributed by atoms with Crippen LogP contribution in [0.3, 0.4) is 0 Å². The molecule has 6 nitrogen and oxygen atoms in total. The van der Waals surface area contributed by atoms with E-state index in [2.05, 4.69) is 81.5 Å². The minimum atomic E-state index is -0.779. The zero-order valence-electron chi connectivity index (χ0n) is 55.0. The number of allylic oxidation sites excluding steroid dienone is 10. The van der Waals surface area contributed by atoms with Gasteiger partial charge in [-0.15, -0.1) is 0 Å². The molecule has 0 rings (SSSR count). The zero-order chi connectivity index (χ0) is 59.2. The molecule has 0 amide bonds. The Kier molecular flexibility index (Phi) is 68.1. The van der Waals surface area contributed by atoms with Crippen LogP contribution in [-0.2, 0) is 28.6 Å². The maximum atomic E-state index is 13.0. The lowest BCUT2D eigenvalue weighted by Crippen LogP contribution is -2.30. The van der Waals surface area contributed by atoms with E-state index in [1.165, 1.54) is 250 Å². The summed E-state index contributed by atoms with van der Waals surface area (Å²) < 4.78 is 17.0. The van der Waals surface area contributed by atoms with E-state index in [-0.39, 0.29) is 31.1 Å². The number of hydrogen-bond donors (Lipinski definition) is 0. The van der Waals surface area contributed by atoms with Crippen molar-refractivity contribution in [2.45, 2.75) is 393 Å². The molecule has 1 unspecified atom stereocenters. The first-order chi connectivity index (χ1) is 40.5. The third-order valence-corrected chi connectivity index (χ3v) is 16.3. The van der Waals surface area contributed by atoms with Crippen molar-refractivity contribution in [2.75, 3.05) is 13.2 Å². The number of rotatable bonds is 67. The third-order valence-electron chi connectivity index (χ3n) is 16.3. The van der Waals surface area contributed by atoms with Gasteiger partial charge in [0.1, 0.15) is 13.2 Å². The molecule has 0 radical (unpaired) electrons. The molecule has 0 heterocycles. The number of hydrogen-bond acceptors (Lipinski definition) is 6. The van der Waals surface area contributed by atoms with E-state index < -0.39 is 6.10 Å². The molecular weight excluding hydrogens is 1010 g/mol. The van der Waals surface area contributed by atoms with Gasteiger partial charge in [0.2, 0.25) is 0 Å². The summed E-state index contributed by atoms with van der Waals surface area (Å²) in [6.07, 6.45) is 91.1. The van der Waals surface area contributed by atoms with Gasteiger partial charge < -0.3 is 14.2 Å². The molecule has 478 valence electrons. The molecule has 0 N–H and O–H groups in total. The smallest absolute Gasteiger partial charge is 0.306 e. The van der Waals surface area contributed by atoms with Crippen LogP contribution in [0, 0.1) is 0 Å². The van der Waals surface area contributed by atoms with Crippen molar-refractivity contribution in [1.29, 1.82) is 0 Å². The standard InChI is InChI=1S/C76H138O6/c1-4-7-10-13-16-19-22-25-28-30-32-34-36-37-38-39-41-42-44-46-48-51-54-57-60-63-66-69-75(78)81-72-73(71-80-74(77)68-65-62-59-56-53-50-27-24-21-18-15-12-9-6-3)82-76(79)70-67-64-61-58-55-52-49-47-45-43-40-35-33-31-29-26-23-20-17-14-11-8-5-2/h8,11,17,20,26,29,33,35,43,45,73H,4-7,9-10,12-16,18-19,21-25,27-28,30-32,34,36-42,44,46-72H2,1-3H3/b11-8-,20-17-,29-26-,35-33-,45-43-. The van der Waals surface area contributed by atoms with Crippen LogP contribution in [0.4, 0.5) is 0 Å². The van der Waals surface area contributed by atoms with Gasteiger partial charge in [-0.1, -0.05) is 364 Å². The van der Waals surface area contributed by atoms with Crippen LogP contribution in [0.25, 0.3) is 0 Å². The summed E-state index contributed by atoms with van der Waals surface area (Å²) in [5.41, 5.74) is 0. The predicted octanol–water partition coefficient (Wildman–Crippen LogP) is 25.1. The van der Waals surface area contributed by atoms with Gasteiger partial charge in [0.15, 0.2) is 6.10 Å². The molecule has 0 spiro atoms. The topological polar surface area (TPSA) is 78.9 Å². The normalized spacial score (nSPS) is 12.4. The van der Waals surface area contributed by atoms with Crippen molar-refractivity contribution in [1.82, 2.24) is 0 Å².